The summed E-state index contributed by atoms with van der Waals surface area (Å²) in [5, 5.41) is 0. The zero-order valence-electron chi connectivity index (χ0n) is 18.1. The zero-order valence-corrected chi connectivity index (χ0v) is 18.1. The predicted molar refractivity (Wildman–Crippen MR) is 118 cm³/mol. The molecule has 2 heterocycles. The summed E-state index contributed by atoms with van der Waals surface area (Å²) in [6, 6.07) is 12.2. The predicted octanol–water partition coefficient (Wildman–Crippen LogP) is 4.78. The Morgan fingerprint density at radius 1 is 1.03 bits per heavy atom. The maximum absolute atomic E-state index is 14.5. The highest BCUT2D eigenvalue weighted by Crippen LogP contribution is 2.23. The number of benzene rings is 1. The summed E-state index contributed by atoms with van der Waals surface area (Å²) in [7, 11) is 1.66. The van der Waals surface area contributed by atoms with E-state index in [4.69, 9.17) is 0 Å². The van der Waals surface area contributed by atoms with Crippen LogP contribution in [-0.4, -0.2) is 33.6 Å². The summed E-state index contributed by atoms with van der Waals surface area (Å²) in [6.07, 6.45) is 4.67. The minimum atomic E-state index is -0.375. The lowest BCUT2D eigenvalue weighted by Gasteiger charge is -2.17. The number of hydrogen-bond acceptors (Lipinski definition) is 4. The zero-order chi connectivity index (χ0) is 22.4. The number of ketones is 1. The topological polar surface area (TPSA) is 63.2 Å². The van der Waals surface area contributed by atoms with Gasteiger partial charge in [0.2, 0.25) is 5.91 Å². The number of halogens is 1. The van der Waals surface area contributed by atoms with Gasteiger partial charge in [0.15, 0.2) is 5.78 Å². The number of aryl methyl sites for hydroxylation is 2. The molecule has 1 amide bonds. The molecule has 0 saturated carbocycles. The van der Waals surface area contributed by atoms with Gasteiger partial charge >= 0.3 is 0 Å². The van der Waals surface area contributed by atoms with Gasteiger partial charge in [-0.3, -0.25) is 19.6 Å². The Balaban J connectivity index is 1.66. The van der Waals surface area contributed by atoms with Crippen LogP contribution in [0.5, 0.6) is 0 Å². The summed E-state index contributed by atoms with van der Waals surface area (Å²) in [5.41, 5.74) is 4.22. The Kier molecular flexibility index (Phi) is 7.23. The van der Waals surface area contributed by atoms with Gasteiger partial charge in [-0.2, -0.15) is 0 Å². The lowest BCUT2D eigenvalue weighted by molar-refractivity contribution is -0.130. The molecular formula is C25H26FN3O2. The molecule has 0 spiro atoms. The maximum Gasteiger partial charge on any atom is 0.222 e. The van der Waals surface area contributed by atoms with Gasteiger partial charge in [0.1, 0.15) is 11.5 Å². The van der Waals surface area contributed by atoms with Gasteiger partial charge in [0.25, 0.3) is 0 Å². The molecule has 3 aromatic rings. The first-order valence-electron chi connectivity index (χ1n) is 10.3. The molecule has 0 unspecified atom stereocenters. The molecule has 160 valence electrons. The van der Waals surface area contributed by atoms with Crippen LogP contribution in [0.1, 0.15) is 47.1 Å². The van der Waals surface area contributed by atoms with Gasteiger partial charge in [-0.15, -0.1) is 0 Å². The molecule has 0 fully saturated rings. The van der Waals surface area contributed by atoms with Crippen molar-refractivity contribution in [2.45, 2.75) is 39.7 Å². The number of pyridine rings is 2. The Labute approximate surface area is 182 Å². The minimum Gasteiger partial charge on any atom is -0.341 e. The maximum atomic E-state index is 14.5. The van der Waals surface area contributed by atoms with E-state index in [0.717, 1.165) is 16.8 Å². The molecule has 2 aromatic heterocycles. The molecule has 6 heteroatoms. The summed E-state index contributed by atoms with van der Waals surface area (Å²) in [6.45, 7) is 3.93. The van der Waals surface area contributed by atoms with Crippen LogP contribution in [-0.2, 0) is 17.8 Å². The van der Waals surface area contributed by atoms with Crippen molar-refractivity contribution >= 4 is 11.7 Å². The molecule has 5 nitrogen and oxygen atoms in total. The molecule has 0 radical (unpaired) electrons. The number of carbonyl (C=O) groups excluding carboxylic acids is 2. The van der Waals surface area contributed by atoms with Gasteiger partial charge in [-0.1, -0.05) is 31.2 Å². The standard InChI is InChI=1S/C25H26FN3O2/c1-4-25(31)29(3)16-21-8-7-19(14-22(21)26)20-9-11-23(28-15-20)24(30)12-10-18-6-5-13-27-17(18)2/h5-9,11,13-15H,4,10,12,16H2,1-3H3. The fourth-order valence-corrected chi connectivity index (χ4v) is 3.36. The largest absolute Gasteiger partial charge is 0.341 e. The fraction of sp³-hybridized carbons (Fsp3) is 0.280. The van der Waals surface area contributed by atoms with Crippen molar-refractivity contribution in [2.75, 3.05) is 7.05 Å². The van der Waals surface area contributed by atoms with Crippen LogP contribution in [0.25, 0.3) is 11.1 Å². The Morgan fingerprint density at radius 2 is 1.81 bits per heavy atom. The number of rotatable bonds is 8. The van der Waals surface area contributed by atoms with E-state index in [2.05, 4.69) is 9.97 Å². The Morgan fingerprint density at radius 3 is 2.45 bits per heavy atom. The molecule has 0 atom stereocenters. The number of amides is 1. The van der Waals surface area contributed by atoms with Crippen LogP contribution >= 0.6 is 0 Å². The second-order valence-corrected chi connectivity index (χ2v) is 7.51. The molecule has 0 aliphatic carbocycles. The van der Waals surface area contributed by atoms with Crippen LogP contribution in [0.4, 0.5) is 4.39 Å². The number of aromatic nitrogens is 2. The number of nitrogens with zero attached hydrogens (tertiary/aromatic N) is 3. The molecule has 0 saturated heterocycles. The van der Waals surface area contributed by atoms with Crippen molar-refractivity contribution in [3.63, 3.8) is 0 Å². The van der Waals surface area contributed by atoms with E-state index >= 15 is 0 Å². The van der Waals surface area contributed by atoms with E-state index in [1.165, 1.54) is 11.0 Å². The van der Waals surface area contributed by atoms with Crippen LogP contribution in [0, 0.1) is 12.7 Å². The smallest absolute Gasteiger partial charge is 0.222 e. The molecule has 0 aliphatic heterocycles. The molecular weight excluding hydrogens is 393 g/mol. The third-order valence-corrected chi connectivity index (χ3v) is 5.31. The van der Waals surface area contributed by atoms with E-state index < -0.39 is 0 Å². The van der Waals surface area contributed by atoms with Crippen molar-refractivity contribution in [3.8, 4) is 11.1 Å². The molecule has 1 aromatic carbocycles. The normalized spacial score (nSPS) is 10.7. The molecule has 0 N–H and O–H groups in total. The van der Waals surface area contributed by atoms with E-state index in [1.807, 2.05) is 19.1 Å². The highest BCUT2D eigenvalue weighted by molar-refractivity contribution is 5.94. The first-order valence-corrected chi connectivity index (χ1v) is 10.3. The summed E-state index contributed by atoms with van der Waals surface area (Å²) in [5.74, 6) is -0.452. The molecule has 0 aliphatic rings. The Bertz CT molecular complexity index is 1080. The highest BCUT2D eigenvalue weighted by Gasteiger charge is 2.13. The number of carbonyl (C=O) groups is 2. The van der Waals surface area contributed by atoms with Crippen LogP contribution in [0.2, 0.25) is 0 Å². The van der Waals surface area contributed by atoms with Crippen LogP contribution in [0.3, 0.4) is 0 Å². The fourth-order valence-electron chi connectivity index (χ4n) is 3.36. The van der Waals surface area contributed by atoms with Gasteiger partial charge in [0.05, 0.1) is 0 Å². The summed E-state index contributed by atoms with van der Waals surface area (Å²) >= 11 is 0. The minimum absolute atomic E-state index is 0.0355. The first-order chi connectivity index (χ1) is 14.9. The van der Waals surface area contributed by atoms with E-state index in [-0.39, 0.29) is 24.1 Å². The van der Waals surface area contributed by atoms with Crippen molar-refractivity contribution in [1.82, 2.24) is 14.9 Å². The molecule has 0 bridgehead atoms. The van der Waals surface area contributed by atoms with Crippen LogP contribution < -0.4 is 0 Å². The average molecular weight is 420 g/mol. The average Bonchev–Trinajstić information content (AvgIpc) is 2.79. The second-order valence-electron chi connectivity index (χ2n) is 7.51. The lowest BCUT2D eigenvalue weighted by Crippen LogP contribution is -2.25. The van der Waals surface area contributed by atoms with E-state index in [1.54, 1.807) is 50.6 Å². The van der Waals surface area contributed by atoms with Gasteiger partial charge in [-0.05, 0) is 42.7 Å². The first kappa shape index (κ1) is 22.3. The second kappa shape index (κ2) is 10.1. The lowest BCUT2D eigenvalue weighted by atomic mass is 10.0. The monoisotopic (exact) mass is 419 g/mol. The van der Waals surface area contributed by atoms with Gasteiger partial charge in [0, 0.05) is 55.6 Å². The quantitative estimate of drug-likeness (QED) is 0.493. The summed E-state index contributed by atoms with van der Waals surface area (Å²) < 4.78 is 14.5. The van der Waals surface area contributed by atoms with E-state index in [9.17, 15) is 14.0 Å². The van der Waals surface area contributed by atoms with Crippen LogP contribution in [0.15, 0.2) is 54.9 Å². The third-order valence-electron chi connectivity index (χ3n) is 5.31. The number of hydrogen-bond donors (Lipinski definition) is 0. The SMILES string of the molecule is CCC(=O)N(C)Cc1ccc(-c2ccc(C(=O)CCc3cccnc3C)nc2)cc1F. The Hall–Kier alpha value is -3.41. The summed E-state index contributed by atoms with van der Waals surface area (Å²) in [4.78, 5) is 34.2. The van der Waals surface area contributed by atoms with Crippen molar-refractivity contribution in [2.24, 2.45) is 0 Å². The van der Waals surface area contributed by atoms with Crippen molar-refractivity contribution < 1.29 is 14.0 Å². The van der Waals surface area contributed by atoms with Gasteiger partial charge < -0.3 is 4.90 Å². The van der Waals surface area contributed by atoms with Crippen molar-refractivity contribution in [3.05, 3.63) is 83.2 Å². The highest BCUT2D eigenvalue weighted by atomic mass is 19.1. The van der Waals surface area contributed by atoms with Crippen molar-refractivity contribution in [1.29, 1.82) is 0 Å². The molecule has 3 rings (SSSR count). The molecule has 31 heavy (non-hydrogen) atoms. The number of Topliss-reactive ketones (excluding diaryl/α,β-unsaturated/α-hetero) is 1. The van der Waals surface area contributed by atoms with E-state index in [0.29, 0.717) is 36.1 Å². The van der Waals surface area contributed by atoms with Gasteiger partial charge in [-0.25, -0.2) is 4.39 Å². The third kappa shape index (κ3) is 5.60.